The molecule has 0 spiro atoms. The van der Waals surface area contributed by atoms with Crippen LogP contribution in [0.3, 0.4) is 0 Å². The third kappa shape index (κ3) is 3.00. The molecule has 2 aromatic carbocycles. The first-order valence-corrected chi connectivity index (χ1v) is 7.91. The predicted octanol–water partition coefficient (Wildman–Crippen LogP) is 3.73. The molecule has 0 unspecified atom stereocenters. The fourth-order valence-electron chi connectivity index (χ4n) is 2.42. The highest BCUT2D eigenvalue weighted by Gasteiger charge is 2.15. The second kappa shape index (κ2) is 6.52. The number of nitrogens with zero attached hydrogens (tertiary/aromatic N) is 5. The van der Waals surface area contributed by atoms with Crippen LogP contribution in [-0.2, 0) is 0 Å². The van der Waals surface area contributed by atoms with Crippen molar-refractivity contribution >= 4 is 12.2 Å². The molecule has 2 heterocycles. The number of hydrogen-bond donors (Lipinski definition) is 1. The second-order valence-corrected chi connectivity index (χ2v) is 5.74. The largest absolute Gasteiger partial charge is 0.257 e. The molecule has 0 fully saturated rings. The average Bonchev–Trinajstić information content (AvgIpc) is 3.09. The molecule has 6 nitrogen and oxygen atoms in total. The molecular formula is C17H10F2N6S. The Labute approximate surface area is 151 Å². The van der Waals surface area contributed by atoms with Crippen molar-refractivity contribution in [3.63, 3.8) is 0 Å². The van der Waals surface area contributed by atoms with Gasteiger partial charge in [0.1, 0.15) is 29.3 Å². The van der Waals surface area contributed by atoms with Gasteiger partial charge in [-0.1, -0.05) is 0 Å². The summed E-state index contributed by atoms with van der Waals surface area (Å²) in [5.41, 5.74) is 2.17. The van der Waals surface area contributed by atoms with Crippen LogP contribution in [-0.4, -0.2) is 29.9 Å². The molecule has 26 heavy (non-hydrogen) atoms. The van der Waals surface area contributed by atoms with Crippen LogP contribution >= 0.6 is 12.2 Å². The summed E-state index contributed by atoms with van der Waals surface area (Å²) in [4.78, 5) is 4.52. The van der Waals surface area contributed by atoms with E-state index in [0.29, 0.717) is 27.3 Å². The van der Waals surface area contributed by atoms with Crippen LogP contribution in [0, 0.1) is 16.4 Å². The van der Waals surface area contributed by atoms with Gasteiger partial charge in [-0.3, -0.25) is 5.10 Å². The van der Waals surface area contributed by atoms with Gasteiger partial charge in [0.15, 0.2) is 0 Å². The van der Waals surface area contributed by atoms with Crippen molar-refractivity contribution in [2.45, 2.75) is 0 Å². The fraction of sp³-hybridized carbons (Fsp3) is 0. The summed E-state index contributed by atoms with van der Waals surface area (Å²) in [5.74, 6) is -0.510. The first-order chi connectivity index (χ1) is 12.6. The number of halogens is 2. The van der Waals surface area contributed by atoms with Crippen molar-refractivity contribution < 1.29 is 8.78 Å². The Hall–Kier alpha value is -3.33. The molecule has 0 saturated heterocycles. The van der Waals surface area contributed by atoms with Gasteiger partial charge in [-0.05, 0) is 60.7 Å². The molecule has 4 aromatic rings. The maximum absolute atomic E-state index is 13.3. The molecular weight excluding hydrogens is 358 g/mol. The lowest BCUT2D eigenvalue weighted by molar-refractivity contribution is 0.627. The number of aromatic amines is 1. The van der Waals surface area contributed by atoms with Crippen LogP contribution < -0.4 is 0 Å². The lowest BCUT2D eigenvalue weighted by Gasteiger charge is -2.09. The number of rotatable bonds is 3. The predicted molar refractivity (Wildman–Crippen MR) is 92.9 cm³/mol. The highest BCUT2D eigenvalue weighted by atomic mass is 32.1. The van der Waals surface area contributed by atoms with E-state index in [4.69, 9.17) is 12.2 Å². The molecule has 128 valence electrons. The molecule has 0 aliphatic heterocycles. The van der Waals surface area contributed by atoms with Gasteiger partial charge in [0.2, 0.25) is 4.77 Å². The van der Waals surface area contributed by atoms with E-state index in [9.17, 15) is 8.78 Å². The molecule has 0 aliphatic rings. The van der Waals surface area contributed by atoms with E-state index in [1.165, 1.54) is 35.2 Å². The Kier molecular flexibility index (Phi) is 4.05. The van der Waals surface area contributed by atoms with Gasteiger partial charge in [-0.25, -0.2) is 18.3 Å². The van der Waals surface area contributed by atoms with Crippen LogP contribution in [0.2, 0.25) is 0 Å². The third-order valence-electron chi connectivity index (χ3n) is 3.68. The zero-order chi connectivity index (χ0) is 18.1. The second-order valence-electron chi connectivity index (χ2n) is 5.35. The van der Waals surface area contributed by atoms with Gasteiger partial charge in [-0.15, -0.1) is 10.2 Å². The third-order valence-corrected chi connectivity index (χ3v) is 3.97. The SMILES string of the molecule is Fc1ccc(-c2nnc(-n3cn[nH]c3=S)nc2-c2ccc(F)cc2)cc1. The molecule has 1 N–H and O–H groups in total. The smallest absolute Gasteiger partial charge is 0.252 e. The Morgan fingerprint density at radius 2 is 1.38 bits per heavy atom. The molecule has 0 radical (unpaired) electrons. The van der Waals surface area contributed by atoms with Crippen molar-refractivity contribution in [1.29, 1.82) is 0 Å². The Morgan fingerprint density at radius 3 is 1.92 bits per heavy atom. The Balaban J connectivity index is 1.93. The van der Waals surface area contributed by atoms with Gasteiger partial charge >= 0.3 is 0 Å². The number of aromatic nitrogens is 6. The topological polar surface area (TPSA) is 72.3 Å². The quantitative estimate of drug-likeness (QED) is 0.558. The van der Waals surface area contributed by atoms with E-state index >= 15 is 0 Å². The minimum atomic E-state index is -0.364. The van der Waals surface area contributed by atoms with Crippen LogP contribution in [0.1, 0.15) is 0 Å². The number of nitrogens with one attached hydrogen (secondary N) is 1. The van der Waals surface area contributed by atoms with Crippen molar-refractivity contribution in [3.8, 4) is 28.5 Å². The van der Waals surface area contributed by atoms with E-state index in [0.717, 1.165) is 0 Å². The molecule has 0 saturated carbocycles. The summed E-state index contributed by atoms with van der Waals surface area (Å²) in [5, 5.41) is 14.8. The van der Waals surface area contributed by atoms with Crippen LogP contribution in [0.25, 0.3) is 28.5 Å². The lowest BCUT2D eigenvalue weighted by Crippen LogP contribution is -2.06. The summed E-state index contributed by atoms with van der Waals surface area (Å²) in [6, 6.07) is 11.6. The van der Waals surface area contributed by atoms with Crippen LogP contribution in [0.4, 0.5) is 8.78 Å². The van der Waals surface area contributed by atoms with Crippen LogP contribution in [0.5, 0.6) is 0 Å². The van der Waals surface area contributed by atoms with Crippen molar-refractivity contribution in [3.05, 3.63) is 71.3 Å². The molecule has 4 rings (SSSR count). The Morgan fingerprint density at radius 1 is 0.808 bits per heavy atom. The summed E-state index contributed by atoms with van der Waals surface area (Å²) in [6.45, 7) is 0. The highest BCUT2D eigenvalue weighted by molar-refractivity contribution is 7.71. The molecule has 0 aliphatic carbocycles. The standard InChI is InChI=1S/C17H10F2N6S/c18-12-5-1-10(2-6-12)14-15(11-3-7-13(19)8-4-11)22-23-16(21-14)25-9-20-24-17(25)26/h1-9H,(H,24,26). The molecule has 0 bridgehead atoms. The van der Waals surface area contributed by atoms with Gasteiger partial charge < -0.3 is 0 Å². The normalized spacial score (nSPS) is 10.8. The molecule has 0 atom stereocenters. The van der Waals surface area contributed by atoms with Gasteiger partial charge in [0, 0.05) is 11.1 Å². The summed E-state index contributed by atoms with van der Waals surface area (Å²) >= 11 is 5.13. The van der Waals surface area contributed by atoms with E-state index < -0.39 is 0 Å². The van der Waals surface area contributed by atoms with Gasteiger partial charge in [0.25, 0.3) is 5.95 Å². The maximum atomic E-state index is 13.3. The van der Waals surface area contributed by atoms with Gasteiger partial charge in [-0.2, -0.15) is 5.10 Å². The van der Waals surface area contributed by atoms with E-state index in [-0.39, 0.29) is 17.6 Å². The van der Waals surface area contributed by atoms with E-state index in [1.807, 2.05) is 0 Å². The zero-order valence-corrected chi connectivity index (χ0v) is 13.9. The van der Waals surface area contributed by atoms with Gasteiger partial charge in [0.05, 0.1) is 0 Å². The van der Waals surface area contributed by atoms with Crippen molar-refractivity contribution in [1.82, 2.24) is 29.9 Å². The zero-order valence-electron chi connectivity index (χ0n) is 13.1. The summed E-state index contributed by atoms with van der Waals surface area (Å²) in [6.07, 6.45) is 1.44. The van der Waals surface area contributed by atoms with Crippen molar-refractivity contribution in [2.24, 2.45) is 0 Å². The first kappa shape index (κ1) is 16.2. The number of H-pyrrole nitrogens is 1. The number of hydrogen-bond acceptors (Lipinski definition) is 5. The molecule has 0 amide bonds. The highest BCUT2D eigenvalue weighted by Crippen LogP contribution is 2.29. The van der Waals surface area contributed by atoms with Crippen molar-refractivity contribution in [2.75, 3.05) is 0 Å². The maximum Gasteiger partial charge on any atom is 0.257 e. The summed E-state index contributed by atoms with van der Waals surface area (Å²) < 4.78 is 28.3. The molecule has 9 heteroatoms. The van der Waals surface area contributed by atoms with E-state index in [2.05, 4.69) is 25.4 Å². The fourth-order valence-corrected chi connectivity index (χ4v) is 2.60. The van der Waals surface area contributed by atoms with E-state index in [1.54, 1.807) is 24.3 Å². The molecule has 2 aromatic heterocycles. The Bertz CT molecular complexity index is 1120. The first-order valence-electron chi connectivity index (χ1n) is 7.51. The monoisotopic (exact) mass is 368 g/mol. The number of benzene rings is 2. The minimum absolute atomic E-state index is 0.217. The minimum Gasteiger partial charge on any atom is -0.252 e. The summed E-state index contributed by atoms with van der Waals surface area (Å²) in [7, 11) is 0. The average molecular weight is 368 g/mol. The van der Waals surface area contributed by atoms with Crippen LogP contribution in [0.15, 0.2) is 54.9 Å². The lowest BCUT2D eigenvalue weighted by atomic mass is 10.0.